The van der Waals surface area contributed by atoms with Gasteiger partial charge in [-0.25, -0.2) is 0 Å². The highest BCUT2D eigenvalue weighted by Crippen LogP contribution is 2.14. The van der Waals surface area contributed by atoms with E-state index in [2.05, 4.69) is 10.4 Å². The van der Waals surface area contributed by atoms with Gasteiger partial charge in [-0.2, -0.15) is 5.10 Å². The maximum Gasteiger partial charge on any atom is 0.256 e. The minimum absolute atomic E-state index is 0.226. The number of aryl methyl sites for hydroxylation is 3. The van der Waals surface area contributed by atoms with Gasteiger partial charge in [-0.1, -0.05) is 0 Å². The van der Waals surface area contributed by atoms with Crippen LogP contribution in [-0.4, -0.2) is 33.9 Å². The molecule has 0 spiro atoms. The van der Waals surface area contributed by atoms with Gasteiger partial charge >= 0.3 is 0 Å². The molecule has 2 aromatic rings. The lowest BCUT2D eigenvalue weighted by molar-refractivity contribution is 0.0948. The van der Waals surface area contributed by atoms with Crippen molar-refractivity contribution in [3.05, 3.63) is 45.6 Å². The lowest BCUT2D eigenvalue weighted by Crippen LogP contribution is -2.29. The van der Waals surface area contributed by atoms with Crippen LogP contribution in [0, 0.1) is 13.8 Å². The number of methoxy groups -OCH3 is 1. The maximum atomic E-state index is 12.2. The van der Waals surface area contributed by atoms with E-state index in [9.17, 15) is 9.59 Å². The van der Waals surface area contributed by atoms with Crippen molar-refractivity contribution in [2.45, 2.75) is 20.4 Å². The second kappa shape index (κ2) is 6.46. The standard InChI is InChI=1S/C15H20N4O3/c1-10-7-11(2)19(17-10)6-5-16-15(21)12-9-18(3)14(20)8-13(12)22-4/h7-9H,5-6H2,1-4H3,(H,16,21). The van der Waals surface area contributed by atoms with E-state index >= 15 is 0 Å². The summed E-state index contributed by atoms with van der Waals surface area (Å²) in [6, 6.07) is 3.29. The normalized spacial score (nSPS) is 10.5. The smallest absolute Gasteiger partial charge is 0.256 e. The van der Waals surface area contributed by atoms with Crippen molar-refractivity contribution in [1.29, 1.82) is 0 Å². The van der Waals surface area contributed by atoms with Crippen molar-refractivity contribution < 1.29 is 9.53 Å². The van der Waals surface area contributed by atoms with Crippen molar-refractivity contribution in [1.82, 2.24) is 19.7 Å². The van der Waals surface area contributed by atoms with Gasteiger partial charge in [0.15, 0.2) is 0 Å². The van der Waals surface area contributed by atoms with E-state index in [1.807, 2.05) is 24.6 Å². The Hall–Kier alpha value is -2.57. The summed E-state index contributed by atoms with van der Waals surface area (Å²) in [7, 11) is 3.02. The summed E-state index contributed by atoms with van der Waals surface area (Å²) in [5.41, 5.74) is 2.10. The van der Waals surface area contributed by atoms with E-state index in [0.717, 1.165) is 11.4 Å². The van der Waals surface area contributed by atoms with E-state index < -0.39 is 0 Å². The van der Waals surface area contributed by atoms with Crippen LogP contribution in [0.5, 0.6) is 5.75 Å². The molecule has 0 saturated heterocycles. The molecule has 2 aromatic heterocycles. The number of hydrogen-bond donors (Lipinski definition) is 1. The summed E-state index contributed by atoms with van der Waals surface area (Å²) >= 11 is 0. The first kappa shape index (κ1) is 15.8. The first-order valence-corrected chi connectivity index (χ1v) is 6.96. The van der Waals surface area contributed by atoms with Gasteiger partial charge in [0.1, 0.15) is 5.75 Å². The molecule has 0 fully saturated rings. The number of ether oxygens (including phenoxy) is 1. The zero-order chi connectivity index (χ0) is 16.3. The quantitative estimate of drug-likeness (QED) is 0.879. The fourth-order valence-corrected chi connectivity index (χ4v) is 2.22. The number of aromatic nitrogens is 3. The maximum absolute atomic E-state index is 12.2. The number of amides is 1. The Morgan fingerprint density at radius 2 is 2.09 bits per heavy atom. The summed E-state index contributed by atoms with van der Waals surface area (Å²) in [6.45, 7) is 4.92. The lowest BCUT2D eigenvalue weighted by Gasteiger charge is -2.11. The van der Waals surface area contributed by atoms with E-state index in [0.29, 0.717) is 18.7 Å². The number of hydrogen-bond acceptors (Lipinski definition) is 4. The van der Waals surface area contributed by atoms with E-state index in [1.165, 1.54) is 23.9 Å². The number of carbonyl (C=O) groups excluding carboxylic acids is 1. The second-order valence-electron chi connectivity index (χ2n) is 5.11. The summed E-state index contributed by atoms with van der Waals surface area (Å²) < 4.78 is 8.28. The molecule has 7 nitrogen and oxygen atoms in total. The average molecular weight is 304 g/mol. The third kappa shape index (κ3) is 3.36. The van der Waals surface area contributed by atoms with Gasteiger partial charge in [0.2, 0.25) is 0 Å². The molecule has 0 saturated carbocycles. The first-order chi connectivity index (χ1) is 10.4. The van der Waals surface area contributed by atoms with Crippen molar-refractivity contribution in [3.8, 4) is 5.75 Å². The molecule has 0 unspecified atom stereocenters. The van der Waals surface area contributed by atoms with Gasteiger partial charge in [0.25, 0.3) is 11.5 Å². The number of rotatable bonds is 5. The van der Waals surface area contributed by atoms with Crippen LogP contribution in [0.1, 0.15) is 21.7 Å². The Morgan fingerprint density at radius 3 is 2.68 bits per heavy atom. The summed E-state index contributed by atoms with van der Waals surface area (Å²) in [4.78, 5) is 23.8. The molecule has 2 heterocycles. The Balaban J connectivity index is 2.05. The summed E-state index contributed by atoms with van der Waals surface area (Å²) in [5.74, 6) is -0.0132. The van der Waals surface area contributed by atoms with Crippen molar-refractivity contribution >= 4 is 5.91 Å². The Morgan fingerprint density at radius 1 is 1.36 bits per heavy atom. The monoisotopic (exact) mass is 304 g/mol. The van der Waals surface area contributed by atoms with Crippen molar-refractivity contribution in [2.75, 3.05) is 13.7 Å². The third-order valence-electron chi connectivity index (χ3n) is 3.37. The number of carbonyl (C=O) groups is 1. The van der Waals surface area contributed by atoms with E-state index in [4.69, 9.17) is 4.74 Å². The van der Waals surface area contributed by atoms with Crippen molar-refractivity contribution in [3.63, 3.8) is 0 Å². The van der Waals surface area contributed by atoms with E-state index in [1.54, 1.807) is 7.05 Å². The molecule has 22 heavy (non-hydrogen) atoms. The fourth-order valence-electron chi connectivity index (χ4n) is 2.22. The highest BCUT2D eigenvalue weighted by molar-refractivity contribution is 5.96. The highest BCUT2D eigenvalue weighted by Gasteiger charge is 2.14. The predicted octanol–water partition coefficient (Wildman–Crippen LogP) is 0.637. The molecule has 1 N–H and O–H groups in total. The molecule has 0 aliphatic heterocycles. The average Bonchev–Trinajstić information content (AvgIpc) is 2.79. The molecule has 0 radical (unpaired) electrons. The Labute approximate surface area is 128 Å². The number of nitrogens with one attached hydrogen (secondary N) is 1. The van der Waals surface area contributed by atoms with Crippen LogP contribution < -0.4 is 15.6 Å². The van der Waals surface area contributed by atoms with Crippen LogP contribution in [0.2, 0.25) is 0 Å². The van der Waals surface area contributed by atoms with Crippen LogP contribution in [0.4, 0.5) is 0 Å². The van der Waals surface area contributed by atoms with Gasteiger partial charge in [0.05, 0.1) is 24.9 Å². The van der Waals surface area contributed by atoms with E-state index in [-0.39, 0.29) is 17.2 Å². The first-order valence-electron chi connectivity index (χ1n) is 6.96. The van der Waals surface area contributed by atoms with Gasteiger partial charge < -0.3 is 14.6 Å². The Kier molecular flexibility index (Phi) is 4.65. The molecular weight excluding hydrogens is 284 g/mol. The minimum Gasteiger partial charge on any atom is -0.496 e. The molecule has 0 aliphatic carbocycles. The topological polar surface area (TPSA) is 78.1 Å². The zero-order valence-electron chi connectivity index (χ0n) is 13.2. The van der Waals surface area contributed by atoms with Gasteiger partial charge in [-0.3, -0.25) is 14.3 Å². The highest BCUT2D eigenvalue weighted by atomic mass is 16.5. The largest absolute Gasteiger partial charge is 0.496 e. The number of nitrogens with zero attached hydrogens (tertiary/aromatic N) is 3. The third-order valence-corrected chi connectivity index (χ3v) is 3.37. The molecule has 2 rings (SSSR count). The molecule has 7 heteroatoms. The summed E-state index contributed by atoms with van der Waals surface area (Å²) in [5, 5.41) is 7.14. The molecule has 0 aromatic carbocycles. The molecule has 0 bridgehead atoms. The zero-order valence-corrected chi connectivity index (χ0v) is 13.2. The van der Waals surface area contributed by atoms with Crippen LogP contribution >= 0.6 is 0 Å². The fraction of sp³-hybridized carbons (Fsp3) is 0.400. The predicted molar refractivity (Wildman–Crippen MR) is 82.3 cm³/mol. The Bertz CT molecular complexity index is 746. The second-order valence-corrected chi connectivity index (χ2v) is 5.11. The molecule has 1 amide bonds. The van der Waals surface area contributed by atoms with Crippen LogP contribution in [0.15, 0.2) is 23.1 Å². The molecule has 0 atom stereocenters. The number of pyridine rings is 1. The van der Waals surface area contributed by atoms with Crippen LogP contribution in [0.25, 0.3) is 0 Å². The van der Waals surface area contributed by atoms with Gasteiger partial charge in [0, 0.05) is 31.5 Å². The van der Waals surface area contributed by atoms with Gasteiger partial charge in [-0.15, -0.1) is 0 Å². The lowest BCUT2D eigenvalue weighted by atomic mass is 10.2. The van der Waals surface area contributed by atoms with Crippen molar-refractivity contribution in [2.24, 2.45) is 7.05 Å². The van der Waals surface area contributed by atoms with Gasteiger partial charge in [-0.05, 0) is 19.9 Å². The molecular formula is C15H20N4O3. The van der Waals surface area contributed by atoms with Crippen LogP contribution in [-0.2, 0) is 13.6 Å². The molecule has 0 aliphatic rings. The minimum atomic E-state index is -0.283. The SMILES string of the molecule is COc1cc(=O)n(C)cc1C(=O)NCCn1nc(C)cc1C. The molecule has 118 valence electrons. The summed E-state index contributed by atoms with van der Waals surface area (Å²) in [6.07, 6.45) is 1.47. The van der Waals surface area contributed by atoms with Crippen LogP contribution in [0.3, 0.4) is 0 Å².